The molecule has 1 aromatic rings. The molecule has 0 amide bonds. The summed E-state index contributed by atoms with van der Waals surface area (Å²) in [6, 6.07) is 6.62. The van der Waals surface area contributed by atoms with Crippen LogP contribution in [0.25, 0.3) is 0 Å². The van der Waals surface area contributed by atoms with Crippen molar-refractivity contribution in [3.05, 3.63) is 34.9 Å². The molecule has 19 heavy (non-hydrogen) atoms. The van der Waals surface area contributed by atoms with E-state index in [1.165, 1.54) is 55.2 Å². The molecule has 0 heterocycles. The second kappa shape index (κ2) is 4.94. The van der Waals surface area contributed by atoms with E-state index >= 15 is 0 Å². The molecule has 2 aliphatic carbocycles. The minimum absolute atomic E-state index is 0.0579. The van der Waals surface area contributed by atoms with E-state index in [4.69, 9.17) is 5.73 Å². The van der Waals surface area contributed by atoms with Gasteiger partial charge in [-0.3, -0.25) is 0 Å². The third-order valence-corrected chi connectivity index (χ3v) is 5.38. The van der Waals surface area contributed by atoms with Crippen molar-refractivity contribution in [3.63, 3.8) is 0 Å². The van der Waals surface area contributed by atoms with Crippen LogP contribution in [0.15, 0.2) is 18.2 Å². The van der Waals surface area contributed by atoms with Crippen LogP contribution in [0.2, 0.25) is 0 Å². The third-order valence-electron chi connectivity index (χ3n) is 5.38. The Bertz CT molecular complexity index is 441. The monoisotopic (exact) mass is 257 g/mol. The van der Waals surface area contributed by atoms with Crippen LogP contribution in [-0.4, -0.2) is 5.54 Å². The van der Waals surface area contributed by atoms with E-state index in [0.717, 1.165) is 18.3 Å². The van der Waals surface area contributed by atoms with Crippen LogP contribution >= 0.6 is 0 Å². The molecule has 2 unspecified atom stereocenters. The van der Waals surface area contributed by atoms with Gasteiger partial charge in [0, 0.05) is 5.54 Å². The van der Waals surface area contributed by atoms with Gasteiger partial charge in [-0.1, -0.05) is 31.0 Å². The van der Waals surface area contributed by atoms with Gasteiger partial charge >= 0.3 is 0 Å². The van der Waals surface area contributed by atoms with Gasteiger partial charge in [0.2, 0.25) is 0 Å². The maximum atomic E-state index is 6.78. The second-order valence-electron chi connectivity index (χ2n) is 7.10. The van der Waals surface area contributed by atoms with Crippen LogP contribution in [0.1, 0.15) is 55.2 Å². The summed E-state index contributed by atoms with van der Waals surface area (Å²) >= 11 is 0. The number of benzene rings is 1. The van der Waals surface area contributed by atoms with Crippen molar-refractivity contribution in [1.82, 2.24) is 0 Å². The smallest absolute Gasteiger partial charge is 0.0198 e. The Morgan fingerprint density at radius 3 is 2.42 bits per heavy atom. The van der Waals surface area contributed by atoms with Gasteiger partial charge in [-0.05, 0) is 74.5 Å². The molecule has 2 fully saturated rings. The van der Waals surface area contributed by atoms with Gasteiger partial charge in [-0.2, -0.15) is 0 Å². The van der Waals surface area contributed by atoms with Crippen molar-refractivity contribution >= 4 is 0 Å². The molecule has 2 saturated carbocycles. The summed E-state index contributed by atoms with van der Waals surface area (Å²) < 4.78 is 0. The molecule has 104 valence electrons. The number of rotatable bonds is 3. The lowest BCUT2D eigenvalue weighted by Gasteiger charge is -2.39. The minimum atomic E-state index is 0.0579. The first-order valence-corrected chi connectivity index (χ1v) is 7.91. The van der Waals surface area contributed by atoms with Crippen molar-refractivity contribution in [3.8, 4) is 0 Å². The molecule has 2 N–H and O–H groups in total. The van der Waals surface area contributed by atoms with Gasteiger partial charge in [0.15, 0.2) is 0 Å². The van der Waals surface area contributed by atoms with E-state index in [1.54, 1.807) is 0 Å². The first kappa shape index (κ1) is 13.2. The van der Waals surface area contributed by atoms with Crippen LogP contribution in [0, 0.1) is 25.7 Å². The van der Waals surface area contributed by atoms with Gasteiger partial charge in [0.05, 0.1) is 0 Å². The van der Waals surface area contributed by atoms with E-state index in [9.17, 15) is 0 Å². The fraction of sp³-hybridized carbons (Fsp3) is 0.667. The molecule has 0 aliphatic heterocycles. The molecular formula is C18H27N. The maximum absolute atomic E-state index is 6.78. The lowest BCUT2D eigenvalue weighted by Crippen LogP contribution is -2.46. The predicted octanol–water partition coefficient (Wildman–Crippen LogP) is 4.14. The van der Waals surface area contributed by atoms with Crippen LogP contribution < -0.4 is 5.73 Å². The summed E-state index contributed by atoms with van der Waals surface area (Å²) in [5.41, 5.74) is 11.2. The Balaban J connectivity index is 1.77. The summed E-state index contributed by atoms with van der Waals surface area (Å²) in [4.78, 5) is 0. The topological polar surface area (TPSA) is 26.0 Å². The fourth-order valence-corrected chi connectivity index (χ4v) is 4.05. The lowest BCUT2D eigenvalue weighted by molar-refractivity contribution is 0.204. The normalized spacial score (nSPS) is 31.4. The second-order valence-corrected chi connectivity index (χ2v) is 7.10. The van der Waals surface area contributed by atoms with Crippen LogP contribution in [-0.2, 0) is 6.42 Å². The molecule has 1 nitrogen and oxygen atoms in total. The highest BCUT2D eigenvalue weighted by atomic mass is 14.8. The zero-order chi connectivity index (χ0) is 13.5. The predicted molar refractivity (Wildman–Crippen MR) is 81.2 cm³/mol. The molecule has 2 atom stereocenters. The van der Waals surface area contributed by atoms with Crippen LogP contribution in [0.4, 0.5) is 0 Å². The number of hydrogen-bond acceptors (Lipinski definition) is 1. The van der Waals surface area contributed by atoms with Gasteiger partial charge < -0.3 is 5.73 Å². The molecule has 0 saturated heterocycles. The molecular weight excluding hydrogens is 230 g/mol. The molecule has 0 spiro atoms. The van der Waals surface area contributed by atoms with Crippen LogP contribution in [0.3, 0.4) is 0 Å². The maximum Gasteiger partial charge on any atom is 0.0198 e. The van der Waals surface area contributed by atoms with E-state index in [-0.39, 0.29) is 5.54 Å². The highest BCUT2D eigenvalue weighted by molar-refractivity contribution is 5.35. The average molecular weight is 257 g/mol. The SMILES string of the molecule is Cc1cccc(C)c1CC1(N)CCCC(C2CC2)C1. The summed E-state index contributed by atoms with van der Waals surface area (Å²) in [5.74, 6) is 1.93. The number of hydrogen-bond donors (Lipinski definition) is 1. The van der Waals surface area contributed by atoms with E-state index in [0.29, 0.717) is 0 Å². The minimum Gasteiger partial charge on any atom is -0.325 e. The Morgan fingerprint density at radius 2 is 1.79 bits per heavy atom. The van der Waals surface area contributed by atoms with Gasteiger partial charge in [0.1, 0.15) is 0 Å². The van der Waals surface area contributed by atoms with Gasteiger partial charge in [-0.15, -0.1) is 0 Å². The summed E-state index contributed by atoms with van der Waals surface area (Å²) in [7, 11) is 0. The van der Waals surface area contributed by atoms with Crippen molar-refractivity contribution in [1.29, 1.82) is 0 Å². The van der Waals surface area contributed by atoms with E-state index in [1.807, 2.05) is 0 Å². The molecule has 1 heteroatoms. The van der Waals surface area contributed by atoms with Crippen molar-refractivity contribution in [2.24, 2.45) is 17.6 Å². The largest absolute Gasteiger partial charge is 0.325 e. The quantitative estimate of drug-likeness (QED) is 0.865. The molecule has 0 bridgehead atoms. The highest BCUT2D eigenvalue weighted by Gasteiger charge is 2.40. The molecule has 2 aliphatic rings. The van der Waals surface area contributed by atoms with E-state index in [2.05, 4.69) is 32.0 Å². The Kier molecular flexibility index (Phi) is 3.42. The first-order chi connectivity index (χ1) is 9.07. The van der Waals surface area contributed by atoms with Crippen molar-refractivity contribution in [2.75, 3.05) is 0 Å². The summed E-state index contributed by atoms with van der Waals surface area (Å²) in [6.07, 6.45) is 9.23. The first-order valence-electron chi connectivity index (χ1n) is 7.91. The molecule has 0 aromatic heterocycles. The zero-order valence-electron chi connectivity index (χ0n) is 12.4. The third kappa shape index (κ3) is 2.86. The number of nitrogens with two attached hydrogens (primary N) is 1. The zero-order valence-corrected chi connectivity index (χ0v) is 12.4. The standard InChI is InChI=1S/C18H27N/c1-13-5-3-6-14(2)17(13)12-18(19)10-4-7-16(11-18)15-8-9-15/h3,5-6,15-16H,4,7-12,19H2,1-2H3. The molecule has 3 rings (SSSR count). The summed E-state index contributed by atoms with van der Waals surface area (Å²) in [6.45, 7) is 4.46. The highest BCUT2D eigenvalue weighted by Crippen LogP contribution is 2.46. The Morgan fingerprint density at radius 1 is 1.11 bits per heavy atom. The van der Waals surface area contributed by atoms with E-state index < -0.39 is 0 Å². The fourth-order valence-electron chi connectivity index (χ4n) is 4.05. The van der Waals surface area contributed by atoms with Gasteiger partial charge in [0.25, 0.3) is 0 Å². The Hall–Kier alpha value is -0.820. The average Bonchev–Trinajstić information content (AvgIpc) is 3.18. The van der Waals surface area contributed by atoms with Crippen LogP contribution in [0.5, 0.6) is 0 Å². The Labute approximate surface area is 117 Å². The molecule has 0 radical (unpaired) electrons. The van der Waals surface area contributed by atoms with Crippen molar-refractivity contribution < 1.29 is 0 Å². The van der Waals surface area contributed by atoms with Crippen molar-refractivity contribution in [2.45, 2.75) is 64.3 Å². The lowest BCUT2D eigenvalue weighted by atomic mass is 9.71. The summed E-state index contributed by atoms with van der Waals surface area (Å²) in [5, 5.41) is 0. The molecule has 1 aromatic carbocycles. The van der Waals surface area contributed by atoms with Gasteiger partial charge in [-0.25, -0.2) is 0 Å². The number of aryl methyl sites for hydroxylation is 2.